The van der Waals surface area contributed by atoms with Gasteiger partial charge in [0.25, 0.3) is 0 Å². The van der Waals surface area contributed by atoms with Crippen LogP contribution in [-0.2, 0) is 0 Å². The summed E-state index contributed by atoms with van der Waals surface area (Å²) < 4.78 is 0.151. The second-order valence-corrected chi connectivity index (χ2v) is 3.69. The third-order valence-electron chi connectivity index (χ3n) is 1.35. The van der Waals surface area contributed by atoms with Crippen LogP contribution in [0.15, 0.2) is 41.0 Å². The van der Waals surface area contributed by atoms with Gasteiger partial charge in [-0.2, -0.15) is 0 Å². The molecule has 1 N–H and O–H groups in total. The molecule has 0 unspecified atom stereocenters. The predicted molar refractivity (Wildman–Crippen MR) is 61.1 cm³/mol. The van der Waals surface area contributed by atoms with E-state index >= 15 is 0 Å². The molecule has 0 radical (unpaired) electrons. The predicted octanol–water partition coefficient (Wildman–Crippen LogP) is 3.23. The van der Waals surface area contributed by atoms with Gasteiger partial charge in [0.15, 0.2) is 0 Å². The SMILES string of the molecule is S=C(NC=C(Cl)Cl)c1ccccc1. The first-order valence-corrected chi connectivity index (χ1v) is 4.73. The highest BCUT2D eigenvalue weighted by molar-refractivity contribution is 7.80. The van der Waals surface area contributed by atoms with Crippen LogP contribution in [0.25, 0.3) is 0 Å². The van der Waals surface area contributed by atoms with Crippen LogP contribution < -0.4 is 5.32 Å². The summed E-state index contributed by atoms with van der Waals surface area (Å²) in [6.45, 7) is 0. The van der Waals surface area contributed by atoms with Gasteiger partial charge in [0.05, 0.1) is 0 Å². The lowest BCUT2D eigenvalue weighted by Gasteiger charge is -2.01. The Bertz CT molecular complexity index is 318. The van der Waals surface area contributed by atoms with Crippen LogP contribution in [-0.4, -0.2) is 4.99 Å². The minimum atomic E-state index is 0.151. The Kier molecular flexibility index (Phi) is 4.22. The van der Waals surface area contributed by atoms with E-state index in [9.17, 15) is 0 Å². The van der Waals surface area contributed by atoms with Crippen molar-refractivity contribution in [3.05, 3.63) is 46.6 Å². The van der Waals surface area contributed by atoms with Crippen molar-refractivity contribution >= 4 is 40.4 Å². The van der Waals surface area contributed by atoms with Crippen LogP contribution in [0.5, 0.6) is 0 Å². The van der Waals surface area contributed by atoms with Crippen LogP contribution in [0.2, 0.25) is 0 Å². The van der Waals surface area contributed by atoms with Crippen LogP contribution >= 0.6 is 35.4 Å². The highest BCUT2D eigenvalue weighted by Crippen LogP contribution is 2.05. The topological polar surface area (TPSA) is 12.0 Å². The summed E-state index contributed by atoms with van der Waals surface area (Å²) >= 11 is 15.9. The molecular weight excluding hydrogens is 225 g/mol. The maximum atomic E-state index is 5.41. The van der Waals surface area contributed by atoms with Crippen molar-refractivity contribution in [3.63, 3.8) is 0 Å². The third kappa shape index (κ3) is 3.77. The monoisotopic (exact) mass is 231 g/mol. The molecule has 4 heteroatoms. The molecule has 1 rings (SSSR count). The van der Waals surface area contributed by atoms with Crippen molar-refractivity contribution in [1.29, 1.82) is 0 Å². The number of benzene rings is 1. The Balaban J connectivity index is 2.65. The van der Waals surface area contributed by atoms with E-state index in [4.69, 9.17) is 35.4 Å². The zero-order valence-electron chi connectivity index (χ0n) is 6.63. The normalized spacial score (nSPS) is 9.08. The molecule has 0 spiro atoms. The van der Waals surface area contributed by atoms with Crippen LogP contribution in [0, 0.1) is 0 Å². The first-order chi connectivity index (χ1) is 6.20. The molecule has 0 aliphatic heterocycles. The fourth-order valence-corrected chi connectivity index (χ4v) is 1.10. The minimum absolute atomic E-state index is 0.151. The molecule has 68 valence electrons. The summed E-state index contributed by atoms with van der Waals surface area (Å²) in [5.74, 6) is 0. The highest BCUT2D eigenvalue weighted by atomic mass is 35.5. The minimum Gasteiger partial charge on any atom is -0.350 e. The van der Waals surface area contributed by atoms with E-state index in [0.717, 1.165) is 5.56 Å². The van der Waals surface area contributed by atoms with E-state index in [1.165, 1.54) is 6.20 Å². The van der Waals surface area contributed by atoms with E-state index in [2.05, 4.69) is 5.32 Å². The summed E-state index contributed by atoms with van der Waals surface area (Å²) in [5.41, 5.74) is 0.934. The number of nitrogens with one attached hydrogen (secondary N) is 1. The molecule has 0 heterocycles. The molecule has 0 aliphatic rings. The molecule has 0 amide bonds. The lowest BCUT2D eigenvalue weighted by molar-refractivity contribution is 1.31. The van der Waals surface area contributed by atoms with Gasteiger partial charge < -0.3 is 5.32 Å². The Morgan fingerprint density at radius 3 is 2.38 bits per heavy atom. The quantitative estimate of drug-likeness (QED) is 0.785. The largest absolute Gasteiger partial charge is 0.350 e. The van der Waals surface area contributed by atoms with E-state index in [-0.39, 0.29) is 4.49 Å². The number of hydrogen-bond donors (Lipinski definition) is 1. The number of halogens is 2. The average molecular weight is 232 g/mol. The van der Waals surface area contributed by atoms with Crippen LogP contribution in [0.4, 0.5) is 0 Å². The highest BCUT2D eigenvalue weighted by Gasteiger charge is 1.96. The van der Waals surface area contributed by atoms with E-state index in [0.29, 0.717) is 4.99 Å². The standard InChI is InChI=1S/C9H7Cl2NS/c10-8(11)6-12-9(13)7-4-2-1-3-5-7/h1-6H,(H,12,13). The maximum absolute atomic E-state index is 5.41. The van der Waals surface area contributed by atoms with Crippen molar-refractivity contribution in [2.75, 3.05) is 0 Å². The molecular formula is C9H7Cl2NS. The second kappa shape index (κ2) is 5.22. The van der Waals surface area contributed by atoms with E-state index < -0.39 is 0 Å². The van der Waals surface area contributed by atoms with Gasteiger partial charge in [0, 0.05) is 11.8 Å². The van der Waals surface area contributed by atoms with Gasteiger partial charge >= 0.3 is 0 Å². The number of thiocarbonyl (C=S) groups is 1. The average Bonchev–Trinajstić information content (AvgIpc) is 2.15. The van der Waals surface area contributed by atoms with Crippen molar-refractivity contribution in [3.8, 4) is 0 Å². The van der Waals surface area contributed by atoms with Gasteiger partial charge in [-0.3, -0.25) is 0 Å². The zero-order chi connectivity index (χ0) is 9.68. The summed E-state index contributed by atoms with van der Waals surface area (Å²) in [7, 11) is 0. The molecule has 1 aromatic carbocycles. The molecule has 0 saturated carbocycles. The van der Waals surface area contributed by atoms with E-state index in [1.54, 1.807) is 0 Å². The van der Waals surface area contributed by atoms with Crippen molar-refractivity contribution in [2.45, 2.75) is 0 Å². The first kappa shape index (κ1) is 10.5. The summed E-state index contributed by atoms with van der Waals surface area (Å²) in [5, 5.41) is 2.80. The first-order valence-electron chi connectivity index (χ1n) is 3.57. The van der Waals surface area contributed by atoms with Crippen molar-refractivity contribution in [2.24, 2.45) is 0 Å². The zero-order valence-corrected chi connectivity index (χ0v) is 8.96. The van der Waals surface area contributed by atoms with Gasteiger partial charge in [-0.25, -0.2) is 0 Å². The van der Waals surface area contributed by atoms with Crippen molar-refractivity contribution < 1.29 is 0 Å². The van der Waals surface area contributed by atoms with Gasteiger partial charge in [-0.05, 0) is 0 Å². The molecule has 0 bridgehead atoms. The second-order valence-electron chi connectivity index (χ2n) is 2.27. The molecule has 0 aliphatic carbocycles. The Hall–Kier alpha value is -0.570. The fraction of sp³-hybridized carbons (Fsp3) is 0. The Morgan fingerprint density at radius 2 is 1.85 bits per heavy atom. The molecule has 0 saturated heterocycles. The van der Waals surface area contributed by atoms with E-state index in [1.807, 2.05) is 30.3 Å². The van der Waals surface area contributed by atoms with Gasteiger partial charge in [-0.15, -0.1) is 0 Å². The summed E-state index contributed by atoms with van der Waals surface area (Å²) in [6, 6.07) is 9.57. The molecule has 13 heavy (non-hydrogen) atoms. The van der Waals surface area contributed by atoms with Gasteiger partial charge in [0.2, 0.25) is 0 Å². The fourth-order valence-electron chi connectivity index (χ4n) is 0.793. The molecule has 1 nitrogen and oxygen atoms in total. The molecule has 0 aromatic heterocycles. The molecule has 1 aromatic rings. The smallest absolute Gasteiger partial charge is 0.122 e. The maximum Gasteiger partial charge on any atom is 0.122 e. The van der Waals surface area contributed by atoms with Crippen molar-refractivity contribution in [1.82, 2.24) is 5.32 Å². The summed E-state index contributed by atoms with van der Waals surface area (Å²) in [6.07, 6.45) is 1.44. The molecule has 0 atom stereocenters. The molecule has 0 fully saturated rings. The number of hydrogen-bond acceptors (Lipinski definition) is 1. The Labute approximate surface area is 92.4 Å². The van der Waals surface area contributed by atoms with Crippen LogP contribution in [0.3, 0.4) is 0 Å². The lowest BCUT2D eigenvalue weighted by Crippen LogP contribution is -2.15. The van der Waals surface area contributed by atoms with Gasteiger partial charge in [-0.1, -0.05) is 65.8 Å². The summed E-state index contributed by atoms with van der Waals surface area (Å²) in [4.78, 5) is 0.597. The number of rotatable bonds is 2. The third-order valence-corrected chi connectivity index (χ3v) is 1.92. The van der Waals surface area contributed by atoms with Gasteiger partial charge in [0.1, 0.15) is 9.48 Å². The van der Waals surface area contributed by atoms with Crippen LogP contribution in [0.1, 0.15) is 5.56 Å². The lowest BCUT2D eigenvalue weighted by atomic mass is 10.2. The Morgan fingerprint density at radius 1 is 1.23 bits per heavy atom.